The number of benzene rings is 1. The van der Waals surface area contributed by atoms with E-state index >= 15 is 0 Å². The quantitative estimate of drug-likeness (QED) is 0.123. The molecule has 0 spiro atoms. The normalized spacial score (nSPS) is 23.8. The molecule has 0 saturated heterocycles. The molecule has 1 aromatic rings. The lowest BCUT2D eigenvalue weighted by Gasteiger charge is -2.29. The van der Waals surface area contributed by atoms with Crippen LogP contribution in [-0.2, 0) is 0 Å². The molecule has 0 radical (unpaired) electrons. The summed E-state index contributed by atoms with van der Waals surface area (Å²) in [5, 5.41) is 3.34. The third kappa shape index (κ3) is 10.3. The second kappa shape index (κ2) is 18.1. The van der Waals surface area contributed by atoms with Crippen molar-refractivity contribution in [3.05, 3.63) is 136 Å². The molecule has 6 atom stereocenters. The first-order chi connectivity index (χ1) is 21.6. The fraction of sp³-hybridized carbons (Fsp3) is 0.442. The fourth-order valence-corrected chi connectivity index (χ4v) is 8.84. The molecule has 1 aliphatic heterocycles. The van der Waals surface area contributed by atoms with E-state index < -0.39 is 0 Å². The van der Waals surface area contributed by atoms with Crippen LogP contribution in [-0.4, -0.2) is 5.25 Å². The highest BCUT2D eigenvalue weighted by Crippen LogP contribution is 2.62. The van der Waals surface area contributed by atoms with E-state index in [1.165, 1.54) is 47.1 Å². The highest BCUT2D eigenvalue weighted by Gasteiger charge is 2.51. The molecule has 3 rings (SSSR count). The van der Waals surface area contributed by atoms with Crippen molar-refractivity contribution < 1.29 is 0 Å². The van der Waals surface area contributed by atoms with Crippen molar-refractivity contribution in [1.29, 1.82) is 0 Å². The fourth-order valence-electron chi connectivity index (χ4n) is 6.31. The van der Waals surface area contributed by atoms with Gasteiger partial charge >= 0.3 is 0 Å². The van der Waals surface area contributed by atoms with Gasteiger partial charge < -0.3 is 0 Å². The predicted molar refractivity (Wildman–Crippen MR) is 209 cm³/mol. The molecule has 3 unspecified atom stereocenters. The molecule has 1 fully saturated rings. The Morgan fingerprint density at radius 3 is 2.40 bits per heavy atom. The summed E-state index contributed by atoms with van der Waals surface area (Å²) in [6.07, 6.45) is 27.9. The third-order valence-corrected chi connectivity index (χ3v) is 12.7. The maximum absolute atomic E-state index is 4.27. The van der Waals surface area contributed by atoms with Crippen molar-refractivity contribution in [1.82, 2.24) is 0 Å². The Bertz CT molecular complexity index is 1360. The Balaban J connectivity index is 1.58. The zero-order valence-electron chi connectivity index (χ0n) is 29.3. The van der Waals surface area contributed by atoms with Gasteiger partial charge in [-0.1, -0.05) is 130 Å². The van der Waals surface area contributed by atoms with Crippen LogP contribution in [0.25, 0.3) is 5.57 Å². The van der Waals surface area contributed by atoms with E-state index in [9.17, 15) is 0 Å². The summed E-state index contributed by atoms with van der Waals surface area (Å²) in [7, 11) is 0. The molecule has 1 saturated carbocycles. The highest BCUT2D eigenvalue weighted by molar-refractivity contribution is 8.06. The van der Waals surface area contributed by atoms with Crippen LogP contribution in [0.4, 0.5) is 0 Å². The van der Waals surface area contributed by atoms with E-state index in [1.54, 1.807) is 10.5 Å². The van der Waals surface area contributed by atoms with Crippen molar-refractivity contribution in [3.8, 4) is 0 Å². The Hall–Kier alpha value is -2.42. The second-order valence-electron chi connectivity index (χ2n) is 13.1. The molecule has 0 aromatic heterocycles. The SMILES string of the molecule is C=C/C=C(\C=C/C)c1ccc(C(C)SC(C=C)C(C)C[C@H](CC)C2=CSC([C@@]3(C)C[C@@H]3/C=C(C)/C(C)=C/C=C\CC)=CC2)cc1. The van der Waals surface area contributed by atoms with Gasteiger partial charge in [0.05, 0.1) is 0 Å². The van der Waals surface area contributed by atoms with Crippen LogP contribution in [0, 0.1) is 23.2 Å². The lowest BCUT2D eigenvalue weighted by molar-refractivity contribution is 0.426. The smallest absolute Gasteiger partial charge is 0.0275 e. The van der Waals surface area contributed by atoms with Crippen LogP contribution < -0.4 is 0 Å². The van der Waals surface area contributed by atoms with Crippen LogP contribution in [0.5, 0.6) is 0 Å². The second-order valence-corrected chi connectivity index (χ2v) is 15.6. The van der Waals surface area contributed by atoms with E-state index in [1.807, 2.05) is 17.8 Å². The van der Waals surface area contributed by atoms with Gasteiger partial charge in [-0.3, -0.25) is 0 Å². The van der Waals surface area contributed by atoms with Crippen LogP contribution in [0.15, 0.2) is 125 Å². The van der Waals surface area contributed by atoms with E-state index in [0.717, 1.165) is 12.8 Å². The monoisotopic (exact) mass is 638 g/mol. The molecule has 0 N–H and O–H groups in total. The zero-order valence-corrected chi connectivity index (χ0v) is 30.9. The minimum atomic E-state index is 0.303. The molecule has 0 nitrogen and oxygen atoms in total. The van der Waals surface area contributed by atoms with Gasteiger partial charge in [0.1, 0.15) is 0 Å². The summed E-state index contributed by atoms with van der Waals surface area (Å²) in [4.78, 5) is 1.58. The van der Waals surface area contributed by atoms with Crippen molar-refractivity contribution >= 4 is 29.1 Å². The van der Waals surface area contributed by atoms with E-state index in [2.05, 4.69) is 165 Å². The highest BCUT2D eigenvalue weighted by atomic mass is 32.2. The van der Waals surface area contributed by atoms with E-state index in [4.69, 9.17) is 0 Å². The van der Waals surface area contributed by atoms with Crippen LogP contribution >= 0.6 is 23.5 Å². The predicted octanol–water partition coefficient (Wildman–Crippen LogP) is 14.0. The van der Waals surface area contributed by atoms with Crippen LogP contribution in [0.1, 0.15) is 104 Å². The number of thioether (sulfide) groups is 2. The van der Waals surface area contributed by atoms with Crippen molar-refractivity contribution in [2.24, 2.45) is 23.2 Å². The van der Waals surface area contributed by atoms with Crippen LogP contribution in [0.3, 0.4) is 0 Å². The molecule has 1 aromatic carbocycles. The first-order valence-electron chi connectivity index (χ1n) is 17.0. The number of hydrogen-bond acceptors (Lipinski definition) is 2. The lowest BCUT2D eigenvalue weighted by Crippen LogP contribution is -2.18. The average Bonchev–Trinajstić information content (AvgIpc) is 3.71. The number of hydrogen-bond donors (Lipinski definition) is 0. The molecular formula is C43H58S2. The molecule has 1 heterocycles. The molecular weight excluding hydrogens is 581 g/mol. The number of allylic oxidation sites excluding steroid dienone is 14. The van der Waals surface area contributed by atoms with E-state index in [-0.39, 0.29) is 0 Å². The summed E-state index contributed by atoms with van der Waals surface area (Å²) >= 11 is 4.06. The summed E-state index contributed by atoms with van der Waals surface area (Å²) in [5.74, 6) is 1.84. The first kappa shape index (κ1) is 37.0. The first-order valence-corrected chi connectivity index (χ1v) is 18.9. The Morgan fingerprint density at radius 2 is 1.82 bits per heavy atom. The summed E-state index contributed by atoms with van der Waals surface area (Å²) < 4.78 is 0. The van der Waals surface area contributed by atoms with Gasteiger partial charge in [0.15, 0.2) is 0 Å². The van der Waals surface area contributed by atoms with E-state index in [0.29, 0.717) is 33.7 Å². The summed E-state index contributed by atoms with van der Waals surface area (Å²) in [6.45, 7) is 26.5. The Morgan fingerprint density at radius 1 is 1.09 bits per heavy atom. The molecule has 0 amide bonds. The Labute approximate surface area is 285 Å². The zero-order chi connectivity index (χ0) is 33.0. The third-order valence-electron chi connectivity index (χ3n) is 9.70. The van der Waals surface area contributed by atoms with Gasteiger partial charge in [-0.15, -0.1) is 30.1 Å². The van der Waals surface area contributed by atoms with Gasteiger partial charge in [-0.05, 0) is 110 Å². The summed E-state index contributed by atoms with van der Waals surface area (Å²) in [5.41, 5.74) is 8.50. The van der Waals surface area contributed by atoms with Gasteiger partial charge in [-0.2, -0.15) is 0 Å². The maximum atomic E-state index is 4.27. The maximum Gasteiger partial charge on any atom is 0.0275 e. The minimum Gasteiger partial charge on any atom is -0.146 e. The molecule has 1 aliphatic carbocycles. The standard InChI is InChI=1S/C43H58S2/c1-11-16-17-20-31(6)32(7)28-40-29-43(40,10)42-26-25-39(30-44-42)35(14-4)27-33(8)41(15-5)45-34(9)36-21-23-38(24-22-36)37(18-12-2)19-13-3/h12-13,15-24,26,28,30,33-35,40-41H,2,5,11,14,25,27,29H2,1,3-4,6-10H3/b17-16-,19-13-,31-20+,32-28+,37-18+/t33?,34?,35-,40-,41?,43-/m0/s1. The minimum absolute atomic E-state index is 0.303. The van der Waals surface area contributed by atoms with Crippen LogP contribution in [0.2, 0.25) is 0 Å². The topological polar surface area (TPSA) is 0 Å². The number of rotatable bonds is 17. The Kier molecular flexibility index (Phi) is 14.9. The molecule has 45 heavy (non-hydrogen) atoms. The van der Waals surface area contributed by atoms with Gasteiger partial charge in [0, 0.05) is 15.9 Å². The molecule has 242 valence electrons. The average molecular weight is 639 g/mol. The molecule has 2 aliphatic rings. The molecule has 0 bridgehead atoms. The summed E-state index contributed by atoms with van der Waals surface area (Å²) in [6, 6.07) is 9.04. The van der Waals surface area contributed by atoms with Crippen molar-refractivity contribution in [3.63, 3.8) is 0 Å². The van der Waals surface area contributed by atoms with Crippen molar-refractivity contribution in [2.45, 2.75) is 98.0 Å². The van der Waals surface area contributed by atoms with Gasteiger partial charge in [-0.25, -0.2) is 0 Å². The lowest BCUT2D eigenvalue weighted by atomic mass is 9.85. The molecule has 2 heteroatoms. The van der Waals surface area contributed by atoms with Gasteiger partial charge in [0.25, 0.3) is 0 Å². The largest absolute Gasteiger partial charge is 0.146 e. The van der Waals surface area contributed by atoms with Gasteiger partial charge in [0.2, 0.25) is 0 Å². The van der Waals surface area contributed by atoms with Crippen molar-refractivity contribution in [2.75, 3.05) is 0 Å².